The number of hydrogen-bond acceptors (Lipinski definition) is 11. The number of fused-ring (bicyclic) bond motifs is 2. The van der Waals surface area contributed by atoms with Crippen molar-refractivity contribution in [3.8, 4) is 0 Å². The van der Waals surface area contributed by atoms with Crippen LogP contribution in [-0.2, 0) is 43.7 Å². The third-order valence-corrected chi connectivity index (χ3v) is 6.97. The van der Waals surface area contributed by atoms with Crippen molar-refractivity contribution in [2.45, 2.75) is 51.8 Å². The number of carbonyl (C=O) groups is 5. The van der Waals surface area contributed by atoms with Gasteiger partial charge in [0.05, 0.1) is 43.6 Å². The van der Waals surface area contributed by atoms with Gasteiger partial charge >= 0.3 is 23.9 Å². The molecule has 3 atom stereocenters. The molecule has 0 fully saturated rings. The second kappa shape index (κ2) is 9.71. The summed E-state index contributed by atoms with van der Waals surface area (Å²) in [7, 11) is 0. The molecule has 0 saturated carbocycles. The van der Waals surface area contributed by atoms with Crippen LogP contribution < -0.4 is 0 Å². The average molecular weight is 528 g/mol. The molecule has 1 aromatic carbocycles. The molecule has 1 aromatic rings. The summed E-state index contributed by atoms with van der Waals surface area (Å²) >= 11 is 0. The number of ketones is 1. The fourth-order valence-electron chi connectivity index (χ4n) is 5.83. The molecule has 0 saturated heterocycles. The summed E-state index contributed by atoms with van der Waals surface area (Å²) in [5.41, 5.74) is -6.89. The molecular weight excluding hydrogens is 498 g/mol. The minimum atomic E-state index is -2.61. The number of hydrogen-bond donors (Lipinski definition) is 1. The van der Waals surface area contributed by atoms with Crippen molar-refractivity contribution < 1.29 is 48.0 Å². The Morgan fingerprint density at radius 2 is 1.32 bits per heavy atom. The van der Waals surface area contributed by atoms with Crippen molar-refractivity contribution in [2.24, 2.45) is 0 Å². The third kappa shape index (κ3) is 3.20. The van der Waals surface area contributed by atoms with Crippen LogP contribution in [0.15, 0.2) is 46.7 Å². The highest BCUT2D eigenvalue weighted by Crippen LogP contribution is 2.65. The highest BCUT2D eigenvalue weighted by molar-refractivity contribution is 6.24. The third-order valence-electron chi connectivity index (χ3n) is 6.97. The maximum Gasteiger partial charge on any atom is 0.355 e. The number of rotatable bonds is 8. The summed E-state index contributed by atoms with van der Waals surface area (Å²) in [5.74, 6) is -4.92. The van der Waals surface area contributed by atoms with Crippen molar-refractivity contribution in [1.29, 1.82) is 0 Å². The van der Waals surface area contributed by atoms with E-state index in [1.165, 1.54) is 39.0 Å². The summed E-state index contributed by atoms with van der Waals surface area (Å²) < 4.78 is 21.0. The van der Waals surface area contributed by atoms with Gasteiger partial charge in [-0.3, -0.25) is 4.79 Å². The van der Waals surface area contributed by atoms with Crippen molar-refractivity contribution in [3.63, 3.8) is 0 Å². The van der Waals surface area contributed by atoms with Crippen LogP contribution in [0.2, 0.25) is 0 Å². The molecule has 0 amide bonds. The normalized spacial score (nSPS) is 25.2. The van der Waals surface area contributed by atoms with Crippen LogP contribution in [0.3, 0.4) is 0 Å². The first-order valence-electron chi connectivity index (χ1n) is 12.4. The Morgan fingerprint density at radius 1 is 0.816 bits per heavy atom. The zero-order valence-corrected chi connectivity index (χ0v) is 21.8. The van der Waals surface area contributed by atoms with Gasteiger partial charge in [-0.15, -0.1) is 0 Å². The first-order chi connectivity index (χ1) is 18.1. The molecule has 1 spiro atoms. The largest absolute Gasteiger partial charge is 0.463 e. The Bertz CT molecular complexity index is 1310. The molecule has 1 N–H and O–H groups in total. The molecule has 1 aliphatic carbocycles. The van der Waals surface area contributed by atoms with Crippen LogP contribution in [0.4, 0.5) is 0 Å². The first-order valence-corrected chi connectivity index (χ1v) is 12.4. The van der Waals surface area contributed by atoms with E-state index in [0.29, 0.717) is 0 Å². The zero-order valence-electron chi connectivity index (χ0n) is 21.8. The van der Waals surface area contributed by atoms with Gasteiger partial charge in [0.25, 0.3) is 0 Å². The van der Waals surface area contributed by atoms with Crippen LogP contribution in [0, 0.1) is 0 Å². The lowest BCUT2D eigenvalue weighted by atomic mass is 9.72. The summed E-state index contributed by atoms with van der Waals surface area (Å²) in [6.45, 7) is 7.27. The van der Waals surface area contributed by atoms with Gasteiger partial charge in [-0.05, 0) is 34.6 Å². The Labute approximate surface area is 219 Å². The van der Waals surface area contributed by atoms with E-state index in [9.17, 15) is 29.1 Å². The summed E-state index contributed by atoms with van der Waals surface area (Å²) in [6.07, 6.45) is 0. The smallest absolute Gasteiger partial charge is 0.355 e. The fraction of sp³-hybridized carbons (Fsp3) is 0.444. The van der Waals surface area contributed by atoms with E-state index in [-0.39, 0.29) is 43.1 Å². The van der Waals surface area contributed by atoms with Gasteiger partial charge in [-0.1, -0.05) is 24.3 Å². The summed E-state index contributed by atoms with van der Waals surface area (Å²) in [6, 6.07) is 4.76. The maximum atomic E-state index is 14.4. The molecule has 3 aliphatic rings. The molecular formula is C27H29NO10. The molecule has 38 heavy (non-hydrogen) atoms. The van der Waals surface area contributed by atoms with E-state index in [0.717, 1.165) is 4.90 Å². The highest BCUT2D eigenvalue weighted by atomic mass is 16.5. The molecule has 11 nitrogen and oxygen atoms in total. The lowest BCUT2D eigenvalue weighted by Gasteiger charge is -2.41. The van der Waals surface area contributed by atoms with Crippen LogP contribution in [0.25, 0.3) is 0 Å². The number of ether oxygens (including phenoxy) is 4. The molecule has 0 bridgehead atoms. The quantitative estimate of drug-likeness (QED) is 0.386. The minimum absolute atomic E-state index is 0.00353. The molecule has 2 aliphatic heterocycles. The number of aliphatic hydroxyl groups is 1. The van der Waals surface area contributed by atoms with E-state index in [1.807, 2.05) is 0 Å². The number of benzene rings is 1. The topological polar surface area (TPSA) is 146 Å². The van der Waals surface area contributed by atoms with Crippen LogP contribution in [-0.4, -0.2) is 77.7 Å². The van der Waals surface area contributed by atoms with Gasteiger partial charge < -0.3 is 29.0 Å². The average Bonchev–Trinajstić information content (AvgIpc) is 3.37. The molecule has 2 heterocycles. The van der Waals surface area contributed by atoms with E-state index < -0.39 is 63.7 Å². The monoisotopic (exact) mass is 527 g/mol. The van der Waals surface area contributed by atoms with Gasteiger partial charge in [0.15, 0.2) is 16.9 Å². The molecule has 0 aromatic heterocycles. The van der Waals surface area contributed by atoms with E-state index >= 15 is 0 Å². The lowest BCUT2D eigenvalue weighted by molar-refractivity contribution is -0.145. The Kier molecular flexibility index (Phi) is 6.92. The number of nitrogens with zero attached hydrogens (tertiary/aromatic N) is 1. The van der Waals surface area contributed by atoms with Gasteiger partial charge in [-0.2, -0.15) is 0 Å². The molecule has 202 valence electrons. The van der Waals surface area contributed by atoms with E-state index in [4.69, 9.17) is 18.9 Å². The minimum Gasteiger partial charge on any atom is -0.463 e. The van der Waals surface area contributed by atoms with Crippen molar-refractivity contribution in [1.82, 2.24) is 4.90 Å². The summed E-state index contributed by atoms with van der Waals surface area (Å²) in [4.78, 5) is 69.3. The molecule has 11 heteroatoms. The van der Waals surface area contributed by atoms with Gasteiger partial charge in [0.2, 0.25) is 0 Å². The van der Waals surface area contributed by atoms with Crippen molar-refractivity contribution in [3.05, 3.63) is 57.8 Å². The number of esters is 4. The number of carbonyl (C=O) groups excluding carboxylic acids is 5. The van der Waals surface area contributed by atoms with E-state index in [1.54, 1.807) is 19.9 Å². The van der Waals surface area contributed by atoms with Gasteiger partial charge in [0.1, 0.15) is 11.3 Å². The Balaban J connectivity index is 2.20. The van der Waals surface area contributed by atoms with Crippen LogP contribution in [0.1, 0.15) is 50.5 Å². The Morgan fingerprint density at radius 3 is 1.89 bits per heavy atom. The van der Waals surface area contributed by atoms with Crippen LogP contribution >= 0.6 is 0 Å². The maximum absolute atomic E-state index is 14.4. The summed E-state index contributed by atoms with van der Waals surface area (Å²) in [5, 5.41) is 12.7. The second-order valence-corrected chi connectivity index (χ2v) is 8.74. The first kappa shape index (κ1) is 27.1. The lowest BCUT2D eigenvalue weighted by Crippen LogP contribution is -2.61. The zero-order chi connectivity index (χ0) is 28.0. The van der Waals surface area contributed by atoms with Crippen molar-refractivity contribution >= 4 is 29.7 Å². The van der Waals surface area contributed by atoms with Gasteiger partial charge in [0, 0.05) is 11.1 Å². The Hall–Kier alpha value is -3.99. The van der Waals surface area contributed by atoms with Crippen LogP contribution in [0.5, 0.6) is 0 Å². The standard InChI is InChI=1S/C27H29NO10/c1-6-35-22(30)17-14(5)28-20(25(33)38-9-4)19(24(32)37-8-3)27(34)16-13-11-10-12-15(16)21(29)26(27,28)18(17)23(31)36-7-2/h10-14,34H,6-9H2,1-5H3. The molecule has 4 rings (SSSR count). The predicted octanol–water partition coefficient (Wildman–Crippen LogP) is 1.33. The number of Topliss-reactive ketones (excluding diaryl/α,β-unsaturated/α-hetero) is 1. The van der Waals surface area contributed by atoms with Crippen molar-refractivity contribution in [2.75, 3.05) is 26.4 Å². The SMILES string of the molecule is CCOC(=O)C1=C(C(=O)OCC)C23C(=O)c4ccccc4C2(O)C(C(=O)OCC)=C(C(=O)OCC)N3C1C. The molecule has 3 unspecified atom stereocenters. The molecule has 0 radical (unpaired) electrons. The van der Waals surface area contributed by atoms with Gasteiger partial charge in [-0.25, -0.2) is 19.2 Å². The van der Waals surface area contributed by atoms with E-state index in [2.05, 4.69) is 0 Å². The predicted molar refractivity (Wildman–Crippen MR) is 129 cm³/mol. The highest BCUT2D eigenvalue weighted by Gasteiger charge is 2.81. The second-order valence-electron chi connectivity index (χ2n) is 8.74. The fourth-order valence-corrected chi connectivity index (χ4v) is 5.83.